The molecule has 6 nitrogen and oxygen atoms in total. The molecular formula is C20H33NO5S. The van der Waals surface area contributed by atoms with Crippen molar-refractivity contribution in [3.05, 3.63) is 0 Å². The molecule has 4 aliphatic heterocycles. The Morgan fingerprint density at radius 2 is 1.74 bits per heavy atom. The van der Waals surface area contributed by atoms with Crippen LogP contribution in [0, 0.1) is 23.7 Å². The monoisotopic (exact) mass is 399 g/mol. The summed E-state index contributed by atoms with van der Waals surface area (Å²) < 4.78 is 30.6. The Kier molecular flexibility index (Phi) is 4.28. The minimum Gasteiger partial charge on any atom is -0.356 e. The van der Waals surface area contributed by atoms with Crippen molar-refractivity contribution in [2.45, 2.75) is 76.4 Å². The third kappa shape index (κ3) is 2.75. The lowest BCUT2D eigenvalue weighted by molar-refractivity contribution is -0.491. The van der Waals surface area contributed by atoms with Crippen LogP contribution in [0.3, 0.4) is 0 Å². The van der Waals surface area contributed by atoms with Gasteiger partial charge in [-0.05, 0) is 44.4 Å². The molecule has 6 aliphatic rings. The number of fused-ring (bicyclic) bond motifs is 2. The van der Waals surface area contributed by atoms with Crippen molar-refractivity contribution < 1.29 is 22.9 Å². The van der Waals surface area contributed by atoms with Crippen LogP contribution in [0.4, 0.5) is 0 Å². The molecule has 4 heterocycles. The molecule has 5 unspecified atom stereocenters. The summed E-state index contributed by atoms with van der Waals surface area (Å²) >= 11 is 0. The van der Waals surface area contributed by atoms with Crippen LogP contribution >= 0.6 is 0 Å². The highest BCUT2D eigenvalue weighted by atomic mass is 32.2. The predicted octanol–water partition coefficient (Wildman–Crippen LogP) is 2.38. The molecule has 0 aromatic heterocycles. The van der Waals surface area contributed by atoms with E-state index >= 15 is 0 Å². The van der Waals surface area contributed by atoms with Crippen molar-refractivity contribution in [1.82, 2.24) is 4.90 Å². The molecule has 0 amide bonds. The fourth-order valence-electron chi connectivity index (χ4n) is 6.84. The van der Waals surface area contributed by atoms with Gasteiger partial charge >= 0.3 is 0 Å². The second-order valence-corrected chi connectivity index (χ2v) is 12.3. The van der Waals surface area contributed by atoms with E-state index in [9.17, 15) is 8.42 Å². The number of nitrogens with zero attached hydrogens (tertiary/aromatic N) is 1. The van der Waals surface area contributed by atoms with Gasteiger partial charge in [0.15, 0.2) is 9.84 Å². The molecule has 154 valence electrons. The fourth-order valence-corrected chi connectivity index (χ4v) is 8.07. The van der Waals surface area contributed by atoms with Gasteiger partial charge < -0.3 is 4.74 Å². The molecule has 4 saturated heterocycles. The van der Waals surface area contributed by atoms with Crippen molar-refractivity contribution in [2.75, 3.05) is 24.6 Å². The first-order valence-electron chi connectivity index (χ1n) is 10.7. The third-order valence-electron chi connectivity index (χ3n) is 8.40. The van der Waals surface area contributed by atoms with Crippen LogP contribution < -0.4 is 0 Å². The van der Waals surface area contributed by atoms with Gasteiger partial charge in [0.2, 0.25) is 0 Å². The first-order valence-corrected chi connectivity index (χ1v) is 12.5. The Balaban J connectivity index is 1.48. The van der Waals surface area contributed by atoms with E-state index in [-0.39, 0.29) is 35.0 Å². The van der Waals surface area contributed by atoms with Gasteiger partial charge in [0.05, 0.1) is 17.6 Å². The van der Waals surface area contributed by atoms with E-state index in [0.717, 1.165) is 25.7 Å². The van der Waals surface area contributed by atoms with Crippen LogP contribution in [0.1, 0.15) is 52.9 Å². The quantitative estimate of drug-likeness (QED) is 0.631. The van der Waals surface area contributed by atoms with Gasteiger partial charge in [0.25, 0.3) is 0 Å². The molecule has 0 aromatic carbocycles. The van der Waals surface area contributed by atoms with Crippen molar-refractivity contribution in [1.29, 1.82) is 0 Å². The normalized spacial score (nSPS) is 54.9. The molecule has 27 heavy (non-hydrogen) atoms. The van der Waals surface area contributed by atoms with Crippen LogP contribution in [-0.4, -0.2) is 61.4 Å². The Labute approximate surface area is 162 Å². The Morgan fingerprint density at radius 1 is 1.00 bits per heavy atom. The van der Waals surface area contributed by atoms with Crippen LogP contribution in [0.25, 0.3) is 0 Å². The van der Waals surface area contributed by atoms with E-state index in [2.05, 4.69) is 25.7 Å². The summed E-state index contributed by atoms with van der Waals surface area (Å²) in [5.74, 6) is 2.32. The molecule has 2 aliphatic carbocycles. The molecule has 0 radical (unpaired) electrons. The maximum Gasteiger partial charge on any atom is 0.152 e. The zero-order chi connectivity index (χ0) is 19.0. The summed E-state index contributed by atoms with van der Waals surface area (Å²) in [5, 5.41) is 0. The maximum atomic E-state index is 11.9. The second-order valence-electron chi connectivity index (χ2n) is 10.0. The summed E-state index contributed by atoms with van der Waals surface area (Å²) in [7, 11) is -2.89. The standard InChI is InChI=1S/C20H33NO5S/c1-13-4-5-16-14(2)18(21-8-10-27(22,23)11-9-21)24-17-12-19(3)7-6-15(13)20(16,17)26-25-19/h13-18H,4-12H2,1-3H3/t13?,14-,15?,16?,17?,18?,19+,20-/m1/s1. The number of ether oxygens (including phenoxy) is 1. The highest BCUT2D eigenvalue weighted by Gasteiger charge is 2.68. The molecule has 0 aromatic rings. The smallest absolute Gasteiger partial charge is 0.152 e. The Bertz CT molecular complexity index is 699. The van der Waals surface area contributed by atoms with Crippen LogP contribution in [0.15, 0.2) is 0 Å². The van der Waals surface area contributed by atoms with Gasteiger partial charge in [-0.1, -0.05) is 13.8 Å². The van der Waals surface area contributed by atoms with Crippen molar-refractivity contribution in [3.8, 4) is 0 Å². The summed E-state index contributed by atoms with van der Waals surface area (Å²) in [6, 6.07) is 0. The van der Waals surface area contributed by atoms with Gasteiger partial charge in [-0.3, -0.25) is 4.90 Å². The molecule has 8 atom stereocenters. The average Bonchev–Trinajstić information content (AvgIpc) is 2.85. The van der Waals surface area contributed by atoms with Crippen LogP contribution in [-0.2, 0) is 24.3 Å². The molecular weight excluding hydrogens is 366 g/mol. The summed E-state index contributed by atoms with van der Waals surface area (Å²) in [5.41, 5.74) is -0.598. The molecule has 7 heteroatoms. The van der Waals surface area contributed by atoms with E-state index < -0.39 is 9.84 Å². The zero-order valence-electron chi connectivity index (χ0n) is 16.7. The molecule has 0 N–H and O–H groups in total. The first-order chi connectivity index (χ1) is 12.7. The highest BCUT2D eigenvalue weighted by Crippen LogP contribution is 2.61. The number of hydrogen-bond acceptors (Lipinski definition) is 6. The number of sulfone groups is 1. The number of rotatable bonds is 1. The van der Waals surface area contributed by atoms with Crippen molar-refractivity contribution >= 4 is 9.84 Å². The Hall–Kier alpha value is -0.210. The average molecular weight is 400 g/mol. The second kappa shape index (κ2) is 6.14. The molecule has 6 rings (SSSR count). The summed E-state index contributed by atoms with van der Waals surface area (Å²) in [4.78, 5) is 14.6. The van der Waals surface area contributed by atoms with Crippen molar-refractivity contribution in [3.63, 3.8) is 0 Å². The lowest BCUT2D eigenvalue weighted by Gasteiger charge is -2.62. The van der Waals surface area contributed by atoms with E-state index in [1.807, 2.05) is 0 Å². The molecule has 6 fully saturated rings. The van der Waals surface area contributed by atoms with E-state index in [1.54, 1.807) is 0 Å². The van der Waals surface area contributed by atoms with Crippen LogP contribution in [0.5, 0.6) is 0 Å². The topological polar surface area (TPSA) is 65.1 Å². The van der Waals surface area contributed by atoms with Gasteiger partial charge in [0.1, 0.15) is 17.4 Å². The van der Waals surface area contributed by atoms with Gasteiger partial charge in [-0.25, -0.2) is 18.2 Å². The van der Waals surface area contributed by atoms with Gasteiger partial charge in [-0.2, -0.15) is 0 Å². The first kappa shape index (κ1) is 18.8. The lowest BCUT2D eigenvalue weighted by Crippen LogP contribution is -2.71. The van der Waals surface area contributed by atoms with Gasteiger partial charge in [0, 0.05) is 31.3 Å². The molecule has 2 bridgehead atoms. The zero-order valence-corrected chi connectivity index (χ0v) is 17.5. The third-order valence-corrected chi connectivity index (χ3v) is 10.0. The van der Waals surface area contributed by atoms with Gasteiger partial charge in [-0.15, -0.1) is 0 Å². The SMILES string of the molecule is CC1CCC2[C@@H](C)C(N3CCS(=O)(=O)CC3)OC3C[C@]4(C)CCC1[C@]32OO4. The predicted molar refractivity (Wildman–Crippen MR) is 101 cm³/mol. The van der Waals surface area contributed by atoms with Crippen LogP contribution in [0.2, 0.25) is 0 Å². The summed E-state index contributed by atoms with van der Waals surface area (Å²) in [6.45, 7) is 7.96. The summed E-state index contributed by atoms with van der Waals surface area (Å²) in [6.07, 6.45) is 5.45. The minimum absolute atomic E-state index is 0.0123. The number of hydrogen-bond donors (Lipinski definition) is 0. The fraction of sp³-hybridized carbons (Fsp3) is 1.00. The molecule has 1 spiro atoms. The molecule has 2 saturated carbocycles. The van der Waals surface area contributed by atoms with E-state index in [4.69, 9.17) is 14.5 Å². The maximum absolute atomic E-state index is 11.9. The lowest BCUT2D eigenvalue weighted by atomic mass is 9.56. The highest BCUT2D eigenvalue weighted by molar-refractivity contribution is 7.91. The largest absolute Gasteiger partial charge is 0.356 e. The van der Waals surface area contributed by atoms with E-state index in [1.165, 1.54) is 6.42 Å². The van der Waals surface area contributed by atoms with E-state index in [0.29, 0.717) is 36.8 Å². The minimum atomic E-state index is -2.89. The Morgan fingerprint density at radius 3 is 2.48 bits per heavy atom. The van der Waals surface area contributed by atoms with Crippen molar-refractivity contribution in [2.24, 2.45) is 23.7 Å².